The highest BCUT2D eigenvalue weighted by Crippen LogP contribution is 2.38. The number of benzene rings is 2. The molecule has 4 N–H and O–H groups in total. The summed E-state index contributed by atoms with van der Waals surface area (Å²) in [6, 6.07) is 12.5. The van der Waals surface area contributed by atoms with Gasteiger partial charge in [-0.25, -0.2) is 5.26 Å². The van der Waals surface area contributed by atoms with E-state index in [1.54, 1.807) is 0 Å². The second-order valence-corrected chi connectivity index (χ2v) is 7.46. The Hall–Kier alpha value is -2.74. The molecule has 2 aliphatic heterocycles. The van der Waals surface area contributed by atoms with Crippen molar-refractivity contribution in [1.29, 1.82) is 0 Å². The van der Waals surface area contributed by atoms with Gasteiger partial charge in [0.2, 0.25) is 0 Å². The van der Waals surface area contributed by atoms with Crippen LogP contribution >= 0.6 is 11.6 Å². The Labute approximate surface area is 180 Å². The van der Waals surface area contributed by atoms with Crippen LogP contribution in [0.15, 0.2) is 48.7 Å². The smallest absolute Gasteiger partial charge is 0.311 e. The number of rotatable bonds is 5. The van der Waals surface area contributed by atoms with Crippen molar-refractivity contribution in [3.8, 4) is 5.75 Å². The number of hydrogen-bond acceptors (Lipinski definition) is 6. The lowest BCUT2D eigenvalue weighted by Crippen LogP contribution is -2.17. The van der Waals surface area contributed by atoms with Gasteiger partial charge < -0.3 is 25.4 Å². The molecule has 0 radical (unpaired) electrons. The van der Waals surface area contributed by atoms with Crippen LogP contribution in [0, 0.1) is 0 Å². The van der Waals surface area contributed by atoms with E-state index in [2.05, 4.69) is 40.3 Å². The Morgan fingerprint density at radius 2 is 2.03 bits per heavy atom. The maximum absolute atomic E-state index is 9.72. The molecular weight excluding hydrogens is 408 g/mol. The number of ether oxygens (including phenoxy) is 1. The third kappa shape index (κ3) is 5.44. The molecule has 0 spiro atoms. The fourth-order valence-corrected chi connectivity index (χ4v) is 3.79. The minimum atomic E-state index is -1.08. The standard InChI is InChI=1S/C18H19ClN2O.C4H6O4/c19-15-6-5-12-7-9-20-10-8-13(12)18(15)21-16-11-22-17-4-2-1-3-14(16)17;1-3(8-7)2-4(5)6/h1-6,16,20-21H,7-11H2;7H,1-2H2,(H,5,6). The first-order valence-electron chi connectivity index (χ1n) is 9.69. The summed E-state index contributed by atoms with van der Waals surface area (Å²) in [4.78, 5) is 13.2. The minimum absolute atomic E-state index is 0.163. The Balaban J connectivity index is 0.000000275. The fraction of sp³-hybridized carbons (Fsp3) is 0.318. The molecule has 0 bridgehead atoms. The molecule has 160 valence electrons. The Morgan fingerprint density at radius 3 is 2.77 bits per heavy atom. The summed E-state index contributed by atoms with van der Waals surface area (Å²) in [6.07, 6.45) is 1.70. The minimum Gasteiger partial charge on any atom is -0.491 e. The van der Waals surface area contributed by atoms with Crippen LogP contribution in [0.25, 0.3) is 0 Å². The highest BCUT2D eigenvalue weighted by atomic mass is 35.5. The van der Waals surface area contributed by atoms with Gasteiger partial charge in [0.15, 0.2) is 0 Å². The molecule has 0 fully saturated rings. The Bertz CT molecular complexity index is 918. The number of carbonyl (C=O) groups is 1. The normalized spacial score (nSPS) is 16.7. The zero-order valence-electron chi connectivity index (χ0n) is 16.5. The SMILES string of the molecule is C=C(CC(=O)O)OO.Clc1ccc2c(c1NC1COc3ccccc31)CCNCC2. The van der Waals surface area contributed by atoms with Gasteiger partial charge in [-0.15, -0.1) is 0 Å². The van der Waals surface area contributed by atoms with Crippen molar-refractivity contribution in [2.24, 2.45) is 0 Å². The van der Waals surface area contributed by atoms with Crippen molar-refractivity contribution in [2.45, 2.75) is 25.3 Å². The number of fused-ring (bicyclic) bond motifs is 2. The lowest BCUT2D eigenvalue weighted by molar-refractivity contribution is -0.206. The van der Waals surface area contributed by atoms with E-state index in [-0.39, 0.29) is 18.2 Å². The number of carboxylic acid groups (broad SMARTS) is 1. The molecule has 8 heteroatoms. The number of anilines is 1. The van der Waals surface area contributed by atoms with Crippen molar-refractivity contribution in [2.75, 3.05) is 25.0 Å². The zero-order valence-corrected chi connectivity index (χ0v) is 17.2. The molecule has 0 aliphatic carbocycles. The summed E-state index contributed by atoms with van der Waals surface area (Å²) in [5.74, 6) is -0.277. The van der Waals surface area contributed by atoms with Gasteiger partial charge in [-0.1, -0.05) is 42.4 Å². The fourth-order valence-electron chi connectivity index (χ4n) is 3.56. The van der Waals surface area contributed by atoms with E-state index in [1.807, 2.05) is 18.2 Å². The predicted molar refractivity (Wildman–Crippen MR) is 115 cm³/mol. The summed E-state index contributed by atoms with van der Waals surface area (Å²) in [6.45, 7) is 5.74. The molecule has 0 amide bonds. The van der Waals surface area contributed by atoms with Crippen LogP contribution in [-0.2, 0) is 22.5 Å². The molecular formula is C22H25ClN2O5. The van der Waals surface area contributed by atoms with Gasteiger partial charge >= 0.3 is 5.97 Å². The monoisotopic (exact) mass is 432 g/mol. The van der Waals surface area contributed by atoms with Crippen molar-refractivity contribution in [1.82, 2.24) is 5.32 Å². The van der Waals surface area contributed by atoms with Gasteiger partial charge in [-0.05, 0) is 49.2 Å². The summed E-state index contributed by atoms with van der Waals surface area (Å²) >= 11 is 6.50. The topological polar surface area (TPSA) is 100 Å². The molecule has 2 aliphatic rings. The Kier molecular flexibility index (Phi) is 7.57. The van der Waals surface area contributed by atoms with Crippen molar-refractivity contribution < 1.29 is 24.8 Å². The van der Waals surface area contributed by atoms with Crippen LogP contribution in [0.2, 0.25) is 5.02 Å². The van der Waals surface area contributed by atoms with Gasteiger partial charge in [0, 0.05) is 5.56 Å². The Morgan fingerprint density at radius 1 is 1.27 bits per heavy atom. The predicted octanol–water partition coefficient (Wildman–Crippen LogP) is 4.04. The van der Waals surface area contributed by atoms with Crippen LogP contribution in [0.5, 0.6) is 5.75 Å². The molecule has 1 atom stereocenters. The van der Waals surface area contributed by atoms with Gasteiger partial charge in [0.1, 0.15) is 24.5 Å². The van der Waals surface area contributed by atoms with Crippen LogP contribution in [0.1, 0.15) is 29.2 Å². The largest absolute Gasteiger partial charge is 0.491 e. The van der Waals surface area contributed by atoms with E-state index in [0.29, 0.717) is 6.61 Å². The van der Waals surface area contributed by atoms with Crippen LogP contribution in [-0.4, -0.2) is 36.0 Å². The number of para-hydroxylation sites is 1. The molecule has 0 saturated heterocycles. The number of halogens is 1. The number of hydrogen-bond donors (Lipinski definition) is 4. The van der Waals surface area contributed by atoms with Crippen LogP contribution in [0.4, 0.5) is 5.69 Å². The van der Waals surface area contributed by atoms with E-state index in [9.17, 15) is 4.79 Å². The third-order valence-corrected chi connectivity index (χ3v) is 5.29. The second-order valence-electron chi connectivity index (χ2n) is 7.06. The van der Waals surface area contributed by atoms with E-state index in [1.165, 1.54) is 16.7 Å². The molecule has 0 aromatic heterocycles. The van der Waals surface area contributed by atoms with Crippen molar-refractivity contribution in [3.05, 3.63) is 70.4 Å². The summed E-state index contributed by atoms with van der Waals surface area (Å²) in [7, 11) is 0. The van der Waals surface area contributed by atoms with Crippen LogP contribution in [0.3, 0.4) is 0 Å². The first kappa shape index (κ1) is 22.0. The highest BCUT2D eigenvalue weighted by molar-refractivity contribution is 6.33. The van der Waals surface area contributed by atoms with Gasteiger partial charge in [0.25, 0.3) is 0 Å². The van der Waals surface area contributed by atoms with Crippen LogP contribution < -0.4 is 15.4 Å². The maximum atomic E-state index is 9.72. The molecule has 1 unspecified atom stereocenters. The van der Waals surface area contributed by atoms with Gasteiger partial charge in [-0.2, -0.15) is 0 Å². The molecule has 0 saturated carbocycles. The first-order chi connectivity index (χ1) is 14.5. The quantitative estimate of drug-likeness (QED) is 0.321. The molecule has 30 heavy (non-hydrogen) atoms. The van der Waals surface area contributed by atoms with Gasteiger partial charge in [0.05, 0.1) is 16.8 Å². The zero-order chi connectivity index (χ0) is 21.5. The van der Waals surface area contributed by atoms with E-state index in [0.717, 1.165) is 42.4 Å². The first-order valence-corrected chi connectivity index (χ1v) is 10.1. The summed E-state index contributed by atoms with van der Waals surface area (Å²) in [5, 5.41) is 23.6. The molecule has 2 aromatic carbocycles. The molecule has 2 aromatic rings. The molecule has 4 rings (SSSR count). The number of carboxylic acids is 1. The van der Waals surface area contributed by atoms with Crippen molar-refractivity contribution in [3.63, 3.8) is 0 Å². The molecule has 7 nitrogen and oxygen atoms in total. The van der Waals surface area contributed by atoms with Gasteiger partial charge in [-0.3, -0.25) is 4.79 Å². The average molecular weight is 433 g/mol. The molecule has 2 heterocycles. The van der Waals surface area contributed by atoms with E-state index in [4.69, 9.17) is 26.7 Å². The van der Waals surface area contributed by atoms with E-state index < -0.39 is 5.97 Å². The number of aliphatic carboxylic acids is 1. The summed E-state index contributed by atoms with van der Waals surface area (Å²) in [5.41, 5.74) is 5.03. The van der Waals surface area contributed by atoms with Crippen molar-refractivity contribution >= 4 is 23.3 Å². The number of nitrogens with one attached hydrogen (secondary N) is 2. The lowest BCUT2D eigenvalue weighted by atomic mass is 9.99. The highest BCUT2D eigenvalue weighted by Gasteiger charge is 2.25. The summed E-state index contributed by atoms with van der Waals surface area (Å²) < 4.78 is 5.77. The average Bonchev–Trinajstić information content (AvgIpc) is 2.98. The van der Waals surface area contributed by atoms with E-state index >= 15 is 0 Å². The maximum Gasteiger partial charge on any atom is 0.311 e. The third-order valence-electron chi connectivity index (χ3n) is 4.98. The second kappa shape index (κ2) is 10.3. The lowest BCUT2D eigenvalue weighted by Gasteiger charge is -2.20.